The van der Waals surface area contributed by atoms with E-state index in [4.69, 9.17) is 27.9 Å². The summed E-state index contributed by atoms with van der Waals surface area (Å²) in [7, 11) is 0. The largest absolute Gasteiger partial charge is 0.423 e. The lowest BCUT2D eigenvalue weighted by molar-refractivity contribution is 0.440. The molecule has 20 heavy (non-hydrogen) atoms. The Balaban J connectivity index is 2.24. The molecule has 106 valence electrons. The Morgan fingerprint density at radius 3 is 2.75 bits per heavy atom. The first-order valence-electron chi connectivity index (χ1n) is 6.18. The van der Waals surface area contributed by atoms with E-state index in [9.17, 15) is 0 Å². The van der Waals surface area contributed by atoms with Gasteiger partial charge in [-0.2, -0.15) is 15.0 Å². The van der Waals surface area contributed by atoms with Crippen LogP contribution in [0.15, 0.2) is 18.2 Å². The number of hydrogen-bond donors (Lipinski definition) is 1. The lowest BCUT2D eigenvalue weighted by Crippen LogP contribution is -2.06. The highest BCUT2D eigenvalue weighted by Crippen LogP contribution is 2.29. The Hall–Kier alpha value is -1.59. The third-order valence-electron chi connectivity index (χ3n) is 2.41. The van der Waals surface area contributed by atoms with Crippen LogP contribution >= 0.6 is 23.2 Å². The van der Waals surface area contributed by atoms with E-state index in [0.717, 1.165) is 18.5 Å². The van der Waals surface area contributed by atoms with Gasteiger partial charge >= 0.3 is 6.01 Å². The van der Waals surface area contributed by atoms with Crippen LogP contribution in [0.2, 0.25) is 10.3 Å². The van der Waals surface area contributed by atoms with Crippen molar-refractivity contribution < 1.29 is 4.74 Å². The maximum absolute atomic E-state index is 6.06. The number of hydrogen-bond acceptors (Lipinski definition) is 5. The van der Waals surface area contributed by atoms with Gasteiger partial charge in [0.1, 0.15) is 5.75 Å². The summed E-state index contributed by atoms with van der Waals surface area (Å²) < 4.78 is 5.57. The van der Waals surface area contributed by atoms with E-state index in [-0.39, 0.29) is 11.3 Å². The van der Waals surface area contributed by atoms with Crippen LogP contribution in [-0.4, -0.2) is 21.5 Å². The fraction of sp³-hybridized carbons (Fsp3) is 0.308. The van der Waals surface area contributed by atoms with Crippen molar-refractivity contribution in [2.75, 3.05) is 11.9 Å². The van der Waals surface area contributed by atoms with Gasteiger partial charge in [-0.3, -0.25) is 0 Å². The lowest BCUT2D eigenvalue weighted by atomic mass is 10.2. The molecular formula is C13H14Cl2N4O. The summed E-state index contributed by atoms with van der Waals surface area (Å²) in [6.07, 6.45) is 0.948. The zero-order valence-corrected chi connectivity index (χ0v) is 12.7. The van der Waals surface area contributed by atoms with Crippen LogP contribution in [0.25, 0.3) is 0 Å². The normalized spacial score (nSPS) is 10.4. The molecule has 1 aromatic carbocycles. The predicted octanol–water partition coefficient (Wildman–Crippen LogP) is 4.10. The number of nitrogens with one attached hydrogen (secondary N) is 1. The standard InChI is InChI=1S/C13H14Cl2N4O/c1-3-6-16-12-17-11(15)18-13(19-12)20-10-7-8(2)4-5-9(10)14/h4-5,7H,3,6H2,1-2H3,(H,16,17,18,19). The lowest BCUT2D eigenvalue weighted by Gasteiger charge is -2.08. The van der Waals surface area contributed by atoms with E-state index in [1.165, 1.54) is 0 Å². The molecule has 7 heteroatoms. The van der Waals surface area contributed by atoms with Crippen molar-refractivity contribution >= 4 is 29.2 Å². The van der Waals surface area contributed by atoms with E-state index in [1.807, 2.05) is 19.9 Å². The summed E-state index contributed by atoms with van der Waals surface area (Å²) in [5, 5.41) is 3.58. The first-order chi connectivity index (χ1) is 9.58. The highest BCUT2D eigenvalue weighted by molar-refractivity contribution is 6.32. The minimum atomic E-state index is 0.0670. The quantitative estimate of drug-likeness (QED) is 0.900. The van der Waals surface area contributed by atoms with Crippen molar-refractivity contribution in [3.63, 3.8) is 0 Å². The van der Waals surface area contributed by atoms with Crippen molar-refractivity contribution in [3.05, 3.63) is 34.1 Å². The highest BCUT2D eigenvalue weighted by Gasteiger charge is 2.09. The molecule has 5 nitrogen and oxygen atoms in total. The number of nitrogens with zero attached hydrogens (tertiary/aromatic N) is 3. The van der Waals surface area contributed by atoms with Gasteiger partial charge in [0, 0.05) is 6.54 Å². The second-order valence-electron chi connectivity index (χ2n) is 4.17. The van der Waals surface area contributed by atoms with Gasteiger partial charge in [0.15, 0.2) is 0 Å². The molecule has 1 aromatic heterocycles. The van der Waals surface area contributed by atoms with Gasteiger partial charge in [-0.05, 0) is 42.6 Å². The highest BCUT2D eigenvalue weighted by atomic mass is 35.5. The summed E-state index contributed by atoms with van der Waals surface area (Å²) in [6, 6.07) is 5.56. The number of ether oxygens (including phenoxy) is 1. The molecule has 0 saturated heterocycles. The third-order valence-corrected chi connectivity index (χ3v) is 2.89. The van der Waals surface area contributed by atoms with Gasteiger partial charge in [-0.15, -0.1) is 0 Å². The first-order valence-corrected chi connectivity index (χ1v) is 6.93. The van der Waals surface area contributed by atoms with Gasteiger partial charge in [-0.25, -0.2) is 0 Å². The molecule has 1 N–H and O–H groups in total. The zero-order chi connectivity index (χ0) is 14.5. The molecule has 0 radical (unpaired) electrons. The maximum Gasteiger partial charge on any atom is 0.328 e. The van der Waals surface area contributed by atoms with Gasteiger partial charge in [0.25, 0.3) is 0 Å². The van der Waals surface area contributed by atoms with Crippen LogP contribution < -0.4 is 10.1 Å². The number of anilines is 1. The average Bonchev–Trinajstić information content (AvgIpc) is 2.40. The second kappa shape index (κ2) is 6.72. The molecule has 0 spiro atoms. The predicted molar refractivity (Wildman–Crippen MR) is 79.9 cm³/mol. The Bertz CT molecular complexity index is 607. The van der Waals surface area contributed by atoms with Crippen molar-refractivity contribution in [1.82, 2.24) is 15.0 Å². The Morgan fingerprint density at radius 1 is 1.20 bits per heavy atom. The minimum Gasteiger partial charge on any atom is -0.423 e. The van der Waals surface area contributed by atoms with Crippen LogP contribution in [0.1, 0.15) is 18.9 Å². The second-order valence-corrected chi connectivity index (χ2v) is 4.92. The number of halogens is 2. The van der Waals surface area contributed by atoms with E-state index < -0.39 is 0 Å². The molecule has 0 fully saturated rings. The SMILES string of the molecule is CCCNc1nc(Cl)nc(Oc2cc(C)ccc2Cl)n1. The van der Waals surface area contributed by atoms with Crippen LogP contribution in [-0.2, 0) is 0 Å². The molecule has 0 amide bonds. The fourth-order valence-electron chi connectivity index (χ4n) is 1.48. The molecular weight excluding hydrogens is 299 g/mol. The number of benzene rings is 1. The molecule has 0 aliphatic carbocycles. The fourth-order valence-corrected chi connectivity index (χ4v) is 1.79. The van der Waals surface area contributed by atoms with Crippen LogP contribution in [0, 0.1) is 6.92 Å². The molecule has 2 rings (SSSR count). The summed E-state index contributed by atoms with van der Waals surface area (Å²) in [4.78, 5) is 12.0. The molecule has 0 aliphatic heterocycles. The van der Waals surface area contributed by atoms with Crippen LogP contribution in [0.5, 0.6) is 11.8 Å². The molecule has 0 aliphatic rings. The van der Waals surface area contributed by atoms with Crippen LogP contribution in [0.4, 0.5) is 5.95 Å². The number of aryl methyl sites for hydroxylation is 1. The molecule has 0 saturated carbocycles. The molecule has 2 aromatic rings. The monoisotopic (exact) mass is 312 g/mol. The van der Waals surface area contributed by atoms with E-state index >= 15 is 0 Å². The summed E-state index contributed by atoms with van der Waals surface area (Å²) >= 11 is 11.9. The van der Waals surface area contributed by atoms with Crippen molar-refractivity contribution in [2.24, 2.45) is 0 Å². The minimum absolute atomic E-state index is 0.0670. The number of rotatable bonds is 5. The third kappa shape index (κ3) is 3.95. The van der Waals surface area contributed by atoms with Crippen molar-refractivity contribution in [2.45, 2.75) is 20.3 Å². The van der Waals surface area contributed by atoms with Gasteiger partial charge in [0.2, 0.25) is 11.2 Å². The van der Waals surface area contributed by atoms with Crippen molar-refractivity contribution in [1.29, 1.82) is 0 Å². The molecule has 0 atom stereocenters. The Labute approximate surface area is 127 Å². The molecule has 1 heterocycles. The van der Waals surface area contributed by atoms with E-state index in [1.54, 1.807) is 12.1 Å². The van der Waals surface area contributed by atoms with Gasteiger partial charge in [0.05, 0.1) is 5.02 Å². The van der Waals surface area contributed by atoms with Gasteiger partial charge < -0.3 is 10.1 Å². The molecule has 0 unspecified atom stereocenters. The summed E-state index contributed by atoms with van der Waals surface area (Å²) in [5.74, 6) is 0.862. The summed E-state index contributed by atoms with van der Waals surface area (Å²) in [5.41, 5.74) is 1.02. The van der Waals surface area contributed by atoms with Gasteiger partial charge in [-0.1, -0.05) is 24.6 Å². The topological polar surface area (TPSA) is 59.9 Å². The smallest absolute Gasteiger partial charge is 0.328 e. The zero-order valence-electron chi connectivity index (χ0n) is 11.2. The molecule has 0 bridgehead atoms. The van der Waals surface area contributed by atoms with E-state index in [0.29, 0.717) is 16.7 Å². The Morgan fingerprint density at radius 2 is 2.00 bits per heavy atom. The first kappa shape index (κ1) is 14.8. The maximum atomic E-state index is 6.06. The number of aromatic nitrogens is 3. The Kier molecular flexibility index (Phi) is 4.98. The summed E-state index contributed by atoms with van der Waals surface area (Å²) in [6.45, 7) is 4.72. The van der Waals surface area contributed by atoms with Crippen molar-refractivity contribution in [3.8, 4) is 11.8 Å². The van der Waals surface area contributed by atoms with Crippen LogP contribution in [0.3, 0.4) is 0 Å². The van der Waals surface area contributed by atoms with E-state index in [2.05, 4.69) is 20.3 Å². The average molecular weight is 313 g/mol.